The van der Waals surface area contributed by atoms with E-state index in [4.69, 9.17) is 4.74 Å². The van der Waals surface area contributed by atoms with E-state index in [2.05, 4.69) is 4.98 Å². The first-order valence-corrected chi connectivity index (χ1v) is 8.65. The number of rotatable bonds is 4. The minimum absolute atomic E-state index is 0.00297. The van der Waals surface area contributed by atoms with Crippen molar-refractivity contribution in [3.05, 3.63) is 35.5 Å². The summed E-state index contributed by atoms with van der Waals surface area (Å²) in [6.45, 7) is 7.50. The Hall–Kier alpha value is -1.60. The van der Waals surface area contributed by atoms with Crippen LogP contribution < -0.4 is 4.74 Å². The van der Waals surface area contributed by atoms with E-state index in [-0.39, 0.29) is 17.3 Å². The van der Waals surface area contributed by atoms with Crippen LogP contribution in [0.2, 0.25) is 0 Å². The van der Waals surface area contributed by atoms with E-state index >= 15 is 0 Å². The van der Waals surface area contributed by atoms with Crippen LogP contribution in [-0.4, -0.2) is 32.4 Å². The minimum Gasteiger partial charge on any atom is -0.480 e. The molecule has 0 saturated heterocycles. The van der Waals surface area contributed by atoms with E-state index in [1.165, 1.54) is 13.2 Å². The van der Waals surface area contributed by atoms with Crippen molar-refractivity contribution >= 4 is 21.8 Å². The number of aromatic nitrogens is 1. The molecular formula is C17H22F2N2O2S. The number of halogens is 2. The van der Waals surface area contributed by atoms with Crippen molar-refractivity contribution in [2.75, 3.05) is 14.2 Å². The Kier molecular flexibility index (Phi) is 5.25. The van der Waals surface area contributed by atoms with Gasteiger partial charge in [0.05, 0.1) is 28.2 Å². The van der Waals surface area contributed by atoms with E-state index in [1.807, 2.05) is 27.7 Å². The number of fused-ring (bicyclic) bond motifs is 1. The fourth-order valence-electron chi connectivity index (χ4n) is 2.52. The maximum absolute atomic E-state index is 14.3. The molecule has 0 saturated carbocycles. The van der Waals surface area contributed by atoms with Gasteiger partial charge in [0.25, 0.3) is 0 Å². The van der Waals surface area contributed by atoms with Gasteiger partial charge in [0.15, 0.2) is 11.6 Å². The highest BCUT2D eigenvalue weighted by molar-refractivity contribution is 7.84. The summed E-state index contributed by atoms with van der Waals surface area (Å²) in [5, 5.41) is 0.489. The third-order valence-corrected chi connectivity index (χ3v) is 5.80. The lowest BCUT2D eigenvalue weighted by Crippen LogP contribution is -2.36. The third kappa shape index (κ3) is 3.28. The van der Waals surface area contributed by atoms with Crippen LogP contribution in [0, 0.1) is 11.6 Å². The highest BCUT2D eigenvalue weighted by Crippen LogP contribution is 2.35. The maximum Gasteiger partial charge on any atom is 0.224 e. The van der Waals surface area contributed by atoms with Gasteiger partial charge in [0, 0.05) is 19.3 Å². The van der Waals surface area contributed by atoms with Crippen LogP contribution in [0.5, 0.6) is 5.88 Å². The van der Waals surface area contributed by atoms with Gasteiger partial charge in [-0.15, -0.1) is 0 Å². The summed E-state index contributed by atoms with van der Waals surface area (Å²) in [5.74, 6) is -1.93. The number of hydrogen-bond donors (Lipinski definition) is 0. The number of methoxy groups -OCH3 is 1. The van der Waals surface area contributed by atoms with Crippen LogP contribution in [0.25, 0.3) is 10.8 Å². The molecule has 2 aromatic rings. The second kappa shape index (κ2) is 6.72. The molecule has 0 bridgehead atoms. The van der Waals surface area contributed by atoms with Crippen molar-refractivity contribution < 1.29 is 17.7 Å². The molecule has 2 rings (SSSR count). The van der Waals surface area contributed by atoms with Gasteiger partial charge in [-0.25, -0.2) is 22.3 Å². The van der Waals surface area contributed by atoms with E-state index in [0.29, 0.717) is 10.9 Å². The molecule has 1 aromatic heterocycles. The Morgan fingerprint density at radius 2 is 1.92 bits per heavy atom. The zero-order valence-corrected chi connectivity index (χ0v) is 15.5. The third-order valence-electron chi connectivity index (χ3n) is 3.91. The molecule has 2 atom stereocenters. The maximum atomic E-state index is 14.3. The van der Waals surface area contributed by atoms with Crippen molar-refractivity contribution in [2.45, 2.75) is 38.5 Å². The summed E-state index contributed by atoms with van der Waals surface area (Å²) in [4.78, 5) is 4.10. The van der Waals surface area contributed by atoms with Crippen LogP contribution in [0.4, 0.5) is 8.78 Å². The van der Waals surface area contributed by atoms with Crippen LogP contribution in [0.15, 0.2) is 18.3 Å². The van der Waals surface area contributed by atoms with Crippen LogP contribution >= 0.6 is 0 Å². The number of hydrogen-bond acceptors (Lipinski definition) is 3. The fourth-order valence-corrected chi connectivity index (χ4v) is 3.79. The first kappa shape index (κ1) is 18.7. The molecule has 0 fully saturated rings. The largest absolute Gasteiger partial charge is 0.480 e. The summed E-state index contributed by atoms with van der Waals surface area (Å²) in [5.41, 5.74) is 0.657. The van der Waals surface area contributed by atoms with Gasteiger partial charge < -0.3 is 4.74 Å². The SMILES string of the molecule is COc1ncc([C@H](C)N(C)S(=O)C(C)(C)C)c2ccc(F)c(F)c12. The predicted octanol–water partition coefficient (Wildman–Crippen LogP) is 3.98. The highest BCUT2D eigenvalue weighted by atomic mass is 32.2. The normalized spacial score (nSPS) is 14.9. The molecule has 0 aliphatic heterocycles. The van der Waals surface area contributed by atoms with Crippen LogP contribution in [-0.2, 0) is 11.0 Å². The smallest absolute Gasteiger partial charge is 0.224 e. The molecule has 4 nitrogen and oxygen atoms in total. The Balaban J connectivity index is 2.62. The van der Waals surface area contributed by atoms with Gasteiger partial charge in [0.1, 0.15) is 0 Å². The zero-order valence-electron chi connectivity index (χ0n) is 14.7. The molecule has 0 spiro atoms. The molecule has 1 unspecified atom stereocenters. The van der Waals surface area contributed by atoms with Crippen molar-refractivity contribution in [3.8, 4) is 5.88 Å². The molecular weight excluding hydrogens is 334 g/mol. The van der Waals surface area contributed by atoms with Crippen molar-refractivity contribution in [3.63, 3.8) is 0 Å². The summed E-state index contributed by atoms with van der Waals surface area (Å²) in [6.07, 6.45) is 1.56. The van der Waals surface area contributed by atoms with Crippen molar-refractivity contribution in [1.29, 1.82) is 0 Å². The molecule has 24 heavy (non-hydrogen) atoms. The van der Waals surface area contributed by atoms with Crippen LogP contribution in [0.3, 0.4) is 0 Å². The molecule has 0 N–H and O–H groups in total. The fraction of sp³-hybridized carbons (Fsp3) is 0.471. The number of benzene rings is 1. The number of ether oxygens (including phenoxy) is 1. The van der Waals surface area contributed by atoms with Gasteiger partial charge in [0.2, 0.25) is 5.88 Å². The minimum atomic E-state index is -1.27. The van der Waals surface area contributed by atoms with Crippen LogP contribution in [0.1, 0.15) is 39.3 Å². The van der Waals surface area contributed by atoms with Gasteiger partial charge in [-0.1, -0.05) is 6.07 Å². The molecule has 132 valence electrons. The van der Waals surface area contributed by atoms with Gasteiger partial charge >= 0.3 is 0 Å². The molecule has 0 amide bonds. The van der Waals surface area contributed by atoms with E-state index in [9.17, 15) is 13.0 Å². The lowest BCUT2D eigenvalue weighted by Gasteiger charge is -2.31. The standard InChI is InChI=1S/C17H22F2N2O2S/c1-10(21(5)24(22)17(2,3)4)12-9-20-16(23-6)14-11(12)7-8-13(18)15(14)19/h7-10H,1-6H3/t10-,24?/m0/s1. The summed E-state index contributed by atoms with van der Waals surface area (Å²) in [7, 11) is 1.83. The Labute approximate surface area is 143 Å². The number of pyridine rings is 1. The topological polar surface area (TPSA) is 42.4 Å². The highest BCUT2D eigenvalue weighted by Gasteiger charge is 2.29. The first-order valence-electron chi connectivity index (χ1n) is 7.55. The molecule has 1 heterocycles. The predicted molar refractivity (Wildman–Crippen MR) is 92.3 cm³/mol. The Morgan fingerprint density at radius 3 is 2.46 bits per heavy atom. The molecule has 0 aliphatic carbocycles. The first-order chi connectivity index (χ1) is 11.1. The zero-order chi connectivity index (χ0) is 18.2. The average Bonchev–Trinajstić information content (AvgIpc) is 2.54. The summed E-state index contributed by atoms with van der Waals surface area (Å²) in [6, 6.07) is 2.27. The van der Waals surface area contributed by atoms with E-state index in [0.717, 1.165) is 6.07 Å². The lowest BCUT2D eigenvalue weighted by atomic mass is 10.0. The second-order valence-electron chi connectivity index (χ2n) is 6.59. The number of nitrogens with zero attached hydrogens (tertiary/aromatic N) is 2. The summed E-state index contributed by atoms with van der Waals surface area (Å²) >= 11 is 0. The Bertz CT molecular complexity index is 790. The molecule has 0 aliphatic rings. The van der Waals surface area contributed by atoms with Gasteiger partial charge in [-0.05, 0) is 44.7 Å². The van der Waals surface area contributed by atoms with Gasteiger partial charge in [-0.2, -0.15) is 0 Å². The summed E-state index contributed by atoms with van der Waals surface area (Å²) < 4.78 is 46.8. The average molecular weight is 356 g/mol. The van der Waals surface area contributed by atoms with Gasteiger partial charge in [-0.3, -0.25) is 0 Å². The lowest BCUT2D eigenvalue weighted by molar-refractivity contribution is 0.396. The Morgan fingerprint density at radius 1 is 1.29 bits per heavy atom. The quantitative estimate of drug-likeness (QED) is 0.832. The second-order valence-corrected chi connectivity index (χ2v) is 8.89. The van der Waals surface area contributed by atoms with Crippen molar-refractivity contribution in [1.82, 2.24) is 9.29 Å². The van der Waals surface area contributed by atoms with E-state index in [1.54, 1.807) is 17.5 Å². The molecule has 7 heteroatoms. The van der Waals surface area contributed by atoms with E-state index < -0.39 is 27.4 Å². The molecule has 0 radical (unpaired) electrons. The molecule has 1 aromatic carbocycles. The van der Waals surface area contributed by atoms with Crippen molar-refractivity contribution in [2.24, 2.45) is 0 Å². The monoisotopic (exact) mass is 356 g/mol.